The minimum absolute atomic E-state index is 0.126. The summed E-state index contributed by atoms with van der Waals surface area (Å²) in [5.41, 5.74) is 2.27. The quantitative estimate of drug-likeness (QED) is 0.709. The van der Waals surface area contributed by atoms with Crippen LogP contribution in [-0.2, 0) is 7.05 Å². The fourth-order valence-electron chi connectivity index (χ4n) is 1.87. The first-order valence-corrected chi connectivity index (χ1v) is 6.98. The van der Waals surface area contributed by atoms with Crippen molar-refractivity contribution >= 4 is 17.7 Å². The zero-order valence-electron chi connectivity index (χ0n) is 12.4. The molecule has 2 aromatic rings. The van der Waals surface area contributed by atoms with Gasteiger partial charge in [-0.3, -0.25) is 0 Å². The average Bonchev–Trinajstić information content (AvgIpc) is 2.69. The van der Waals surface area contributed by atoms with Gasteiger partial charge in [-0.05, 0) is 12.5 Å². The van der Waals surface area contributed by atoms with Crippen LogP contribution in [0.15, 0.2) is 36.5 Å². The molecule has 1 aromatic heterocycles. The van der Waals surface area contributed by atoms with E-state index in [1.807, 2.05) is 43.6 Å². The molecule has 0 amide bonds. The van der Waals surface area contributed by atoms with Gasteiger partial charge in [-0.25, -0.2) is 4.39 Å². The molecule has 2 rings (SSSR count). The predicted octanol–water partition coefficient (Wildman–Crippen LogP) is 4.51. The minimum atomic E-state index is -0.126. The van der Waals surface area contributed by atoms with Gasteiger partial charge >= 0.3 is 42.6 Å². The molecule has 3 heteroatoms. The predicted molar refractivity (Wildman–Crippen MR) is 81.0 cm³/mol. The van der Waals surface area contributed by atoms with E-state index in [0.29, 0.717) is 11.3 Å². The van der Waals surface area contributed by atoms with E-state index in [1.165, 1.54) is 17.9 Å². The second kappa shape index (κ2) is 8.25. The molecule has 0 saturated carbocycles. The van der Waals surface area contributed by atoms with E-state index < -0.39 is 0 Å². The van der Waals surface area contributed by atoms with Gasteiger partial charge in [-0.2, -0.15) is 0 Å². The van der Waals surface area contributed by atoms with E-state index in [0.717, 1.165) is 5.56 Å². The Balaban J connectivity index is 0.000000312. The van der Waals surface area contributed by atoms with Crippen molar-refractivity contribution in [2.45, 2.75) is 31.8 Å². The van der Waals surface area contributed by atoms with Gasteiger partial charge in [0.05, 0.1) is 5.69 Å². The van der Waals surface area contributed by atoms with Crippen molar-refractivity contribution in [3.05, 3.63) is 48.0 Å². The zero-order valence-corrected chi connectivity index (χ0v) is 12.4. The topological polar surface area (TPSA) is 4.93 Å². The van der Waals surface area contributed by atoms with Crippen LogP contribution in [0.4, 0.5) is 4.39 Å². The van der Waals surface area contributed by atoms with Crippen LogP contribution in [0.2, 0.25) is 5.09 Å². The van der Waals surface area contributed by atoms with Gasteiger partial charge in [0.1, 0.15) is 0 Å². The number of aromatic nitrogens is 1. The van der Waals surface area contributed by atoms with E-state index in [2.05, 4.69) is 24.6 Å². The number of hydrogen-bond donors (Lipinski definition) is 0. The Kier molecular flexibility index (Phi) is 6.98. The van der Waals surface area contributed by atoms with Gasteiger partial charge in [0, 0.05) is 18.8 Å². The van der Waals surface area contributed by atoms with E-state index in [1.54, 1.807) is 11.5 Å². The van der Waals surface area contributed by atoms with Crippen LogP contribution >= 0.6 is 0 Å². The summed E-state index contributed by atoms with van der Waals surface area (Å²) in [6, 6.07) is 9.58. The molecule has 0 unspecified atom stereocenters. The SMILES string of the molecule is Cc1c(F)c(-c2ccccc2)cn1C.[Li][CH2]CCC. The van der Waals surface area contributed by atoms with E-state index >= 15 is 0 Å². The Morgan fingerprint density at radius 1 is 1.21 bits per heavy atom. The standard InChI is InChI=1S/C12H12FN.C4H9.Li/c1-9-12(13)11(8-14(9)2)10-6-4-3-5-7-10;1-3-4-2;/h3-8H,1-2H3;1,3-4H2,2H3;. The first kappa shape index (κ1) is 16.1. The van der Waals surface area contributed by atoms with Crippen LogP contribution in [0.5, 0.6) is 0 Å². The normalized spacial score (nSPS) is 10.0. The molecular weight excluding hydrogens is 232 g/mol. The van der Waals surface area contributed by atoms with Crippen molar-refractivity contribution in [1.82, 2.24) is 4.57 Å². The fraction of sp³-hybridized carbons (Fsp3) is 0.375. The molecule has 0 N–H and O–H groups in total. The first-order valence-electron chi connectivity index (χ1n) is 6.98. The van der Waals surface area contributed by atoms with Crippen molar-refractivity contribution < 1.29 is 4.39 Å². The Labute approximate surface area is 125 Å². The molecule has 1 aromatic carbocycles. The molecule has 0 radical (unpaired) electrons. The summed E-state index contributed by atoms with van der Waals surface area (Å²) in [6.07, 6.45) is 4.55. The summed E-state index contributed by atoms with van der Waals surface area (Å²) >= 11 is 2.21. The molecule has 98 valence electrons. The average molecular weight is 253 g/mol. The van der Waals surface area contributed by atoms with E-state index in [9.17, 15) is 4.39 Å². The maximum absolute atomic E-state index is 13.7. The van der Waals surface area contributed by atoms with E-state index in [-0.39, 0.29) is 5.82 Å². The molecule has 0 aliphatic rings. The summed E-state index contributed by atoms with van der Waals surface area (Å²) in [6.45, 7) is 3.99. The van der Waals surface area contributed by atoms with Crippen LogP contribution in [0.1, 0.15) is 25.5 Å². The van der Waals surface area contributed by atoms with Gasteiger partial charge in [-0.1, -0.05) is 30.3 Å². The fourth-order valence-corrected chi connectivity index (χ4v) is 1.87. The van der Waals surface area contributed by atoms with Gasteiger partial charge in [0.25, 0.3) is 0 Å². The Morgan fingerprint density at radius 3 is 2.21 bits per heavy atom. The van der Waals surface area contributed by atoms with Gasteiger partial charge in [0.15, 0.2) is 5.82 Å². The Bertz CT molecular complexity index is 489. The third kappa shape index (κ3) is 4.56. The molecule has 0 aliphatic heterocycles. The van der Waals surface area contributed by atoms with Crippen molar-refractivity contribution in [2.24, 2.45) is 7.05 Å². The molecule has 0 atom stereocenters. The van der Waals surface area contributed by atoms with Crippen LogP contribution in [0, 0.1) is 12.7 Å². The number of nitrogens with zero attached hydrogens (tertiary/aromatic N) is 1. The number of rotatable bonds is 3. The number of unbranched alkanes of at least 4 members (excludes halogenated alkanes) is 1. The Hall–Kier alpha value is -0.973. The summed E-state index contributed by atoms with van der Waals surface area (Å²) in [7, 11) is 1.85. The van der Waals surface area contributed by atoms with Gasteiger partial charge in [0.2, 0.25) is 0 Å². The van der Waals surface area contributed by atoms with Crippen molar-refractivity contribution in [3.8, 4) is 11.1 Å². The van der Waals surface area contributed by atoms with Crippen LogP contribution in [0.3, 0.4) is 0 Å². The third-order valence-corrected chi connectivity index (χ3v) is 3.20. The van der Waals surface area contributed by atoms with Crippen molar-refractivity contribution in [2.75, 3.05) is 0 Å². The number of halogens is 1. The molecule has 1 heterocycles. The second-order valence-electron chi connectivity index (χ2n) is 4.77. The molecule has 0 aliphatic carbocycles. The summed E-state index contributed by atoms with van der Waals surface area (Å²) in [4.78, 5) is 0. The zero-order chi connectivity index (χ0) is 14.3. The number of hydrogen-bond acceptors (Lipinski definition) is 0. The van der Waals surface area contributed by atoms with Crippen molar-refractivity contribution in [1.29, 1.82) is 0 Å². The van der Waals surface area contributed by atoms with Gasteiger partial charge < -0.3 is 4.57 Å². The molecule has 0 fully saturated rings. The maximum atomic E-state index is 13.7. The number of benzene rings is 1. The molecule has 19 heavy (non-hydrogen) atoms. The Morgan fingerprint density at radius 2 is 1.84 bits per heavy atom. The summed E-state index contributed by atoms with van der Waals surface area (Å²) < 4.78 is 15.5. The second-order valence-corrected chi connectivity index (χ2v) is 4.77. The monoisotopic (exact) mass is 253 g/mol. The molecule has 0 bridgehead atoms. The number of aryl methyl sites for hydroxylation is 1. The van der Waals surface area contributed by atoms with E-state index in [4.69, 9.17) is 0 Å². The molecule has 0 saturated heterocycles. The van der Waals surface area contributed by atoms with Crippen LogP contribution in [-0.4, -0.2) is 22.3 Å². The van der Waals surface area contributed by atoms with Crippen LogP contribution in [0.25, 0.3) is 11.1 Å². The first-order chi connectivity index (χ1) is 9.11. The summed E-state index contributed by atoms with van der Waals surface area (Å²) in [5, 5.41) is 1.34. The van der Waals surface area contributed by atoms with Crippen LogP contribution < -0.4 is 0 Å². The third-order valence-electron chi connectivity index (χ3n) is 3.20. The molecular formula is C16H21FLiN. The summed E-state index contributed by atoms with van der Waals surface area (Å²) in [5.74, 6) is -0.126. The van der Waals surface area contributed by atoms with Gasteiger partial charge in [-0.15, -0.1) is 0 Å². The molecule has 0 spiro atoms. The molecule has 1 nitrogen and oxygen atoms in total. The van der Waals surface area contributed by atoms with Crippen molar-refractivity contribution in [3.63, 3.8) is 0 Å².